The first-order chi connectivity index (χ1) is 19.1. The molecule has 39 heavy (non-hydrogen) atoms. The van der Waals surface area contributed by atoms with E-state index in [-0.39, 0.29) is 5.56 Å². The zero-order valence-corrected chi connectivity index (χ0v) is 21.8. The molecule has 0 unspecified atom stereocenters. The molecule has 0 amide bonds. The Labute approximate surface area is 226 Å². The minimum Gasteiger partial charge on any atom is -0.497 e. The van der Waals surface area contributed by atoms with Crippen molar-refractivity contribution in [1.82, 2.24) is 24.4 Å². The quantitative estimate of drug-likeness (QED) is 0.300. The fourth-order valence-corrected chi connectivity index (χ4v) is 5.54. The van der Waals surface area contributed by atoms with E-state index in [0.717, 1.165) is 44.8 Å². The van der Waals surface area contributed by atoms with Gasteiger partial charge in [-0.25, -0.2) is 4.68 Å². The Bertz CT molecular complexity index is 2090. The van der Waals surface area contributed by atoms with Crippen LogP contribution in [-0.2, 0) is 0 Å². The molecule has 0 fully saturated rings. The normalized spacial score (nSPS) is 12.1. The first-order valence-electron chi connectivity index (χ1n) is 12.3. The summed E-state index contributed by atoms with van der Waals surface area (Å²) in [4.78, 5) is 18.5. The maximum Gasteiger partial charge on any atom is 0.291 e. The van der Waals surface area contributed by atoms with E-state index >= 15 is 0 Å². The monoisotopic (exact) mass is 531 g/mol. The lowest BCUT2D eigenvalue weighted by molar-refractivity contribution is 0.415. The van der Waals surface area contributed by atoms with Crippen molar-refractivity contribution in [3.63, 3.8) is 0 Å². The molecule has 0 bridgehead atoms. The number of nitrogens with zero attached hydrogens (tertiary/aromatic N) is 5. The molecule has 0 aliphatic carbocycles. The van der Waals surface area contributed by atoms with Crippen molar-refractivity contribution in [2.45, 2.75) is 6.92 Å². The molecular formula is C30H21N5O3S. The molecule has 0 aliphatic heterocycles. The van der Waals surface area contributed by atoms with E-state index in [0.29, 0.717) is 21.1 Å². The third-order valence-corrected chi connectivity index (χ3v) is 7.60. The van der Waals surface area contributed by atoms with Gasteiger partial charge >= 0.3 is 0 Å². The van der Waals surface area contributed by atoms with Crippen LogP contribution in [0.5, 0.6) is 5.75 Å². The van der Waals surface area contributed by atoms with Gasteiger partial charge in [0.25, 0.3) is 5.56 Å². The smallest absolute Gasteiger partial charge is 0.291 e. The number of hydrogen-bond donors (Lipinski definition) is 0. The number of methoxy groups -OCH3 is 1. The predicted octanol–water partition coefficient (Wildman–Crippen LogP) is 5.28. The summed E-state index contributed by atoms with van der Waals surface area (Å²) in [7, 11) is 1.64. The number of para-hydroxylation sites is 2. The number of fused-ring (bicyclic) bond motifs is 2. The minimum absolute atomic E-state index is 0.240. The van der Waals surface area contributed by atoms with Crippen molar-refractivity contribution in [3.05, 3.63) is 111 Å². The minimum atomic E-state index is -0.240. The number of aryl methyl sites for hydroxylation is 1. The van der Waals surface area contributed by atoms with Crippen molar-refractivity contribution in [2.24, 2.45) is 0 Å². The first kappa shape index (κ1) is 23.1. The van der Waals surface area contributed by atoms with Crippen molar-refractivity contribution < 1.29 is 9.15 Å². The summed E-state index contributed by atoms with van der Waals surface area (Å²) in [5, 5.41) is 10.4. The van der Waals surface area contributed by atoms with Crippen LogP contribution in [0.25, 0.3) is 50.5 Å². The van der Waals surface area contributed by atoms with E-state index in [9.17, 15) is 4.79 Å². The van der Waals surface area contributed by atoms with Crippen molar-refractivity contribution in [1.29, 1.82) is 0 Å². The van der Waals surface area contributed by atoms with Gasteiger partial charge in [-0.1, -0.05) is 47.7 Å². The number of benzene rings is 3. The Morgan fingerprint density at radius 2 is 1.72 bits per heavy atom. The van der Waals surface area contributed by atoms with E-state index in [4.69, 9.17) is 14.3 Å². The third-order valence-electron chi connectivity index (χ3n) is 6.64. The lowest BCUT2D eigenvalue weighted by atomic mass is 10.1. The number of furan rings is 1. The molecule has 8 nitrogen and oxygen atoms in total. The number of hydrogen-bond acceptors (Lipinski definition) is 7. The zero-order valence-electron chi connectivity index (χ0n) is 21.0. The van der Waals surface area contributed by atoms with Gasteiger partial charge in [0.2, 0.25) is 10.8 Å². The Balaban J connectivity index is 1.35. The van der Waals surface area contributed by atoms with Crippen molar-refractivity contribution in [2.75, 3.05) is 7.11 Å². The molecule has 7 aromatic rings. The van der Waals surface area contributed by atoms with E-state index in [1.807, 2.05) is 103 Å². The molecule has 0 N–H and O–H groups in total. The maximum absolute atomic E-state index is 13.4. The van der Waals surface area contributed by atoms with Crippen LogP contribution in [0, 0.1) is 6.92 Å². The molecule has 0 saturated heterocycles. The van der Waals surface area contributed by atoms with Gasteiger partial charge < -0.3 is 9.15 Å². The standard InChI is InChI=1S/C30H21N5O3S/c1-18-23-10-6-7-11-24(23)38-27(18)28-31-30-35(33-28)29(36)25(39-30)16-20-17-34(21-8-4-3-5-9-21)32-26(20)19-12-14-22(37-2)15-13-19/h3-17H,1-2H3/b25-16-. The molecule has 0 spiro atoms. The molecule has 4 aromatic heterocycles. The van der Waals surface area contributed by atoms with Crippen LogP contribution in [-0.4, -0.2) is 31.5 Å². The lowest BCUT2D eigenvalue weighted by Gasteiger charge is -2.02. The number of thiazole rings is 1. The van der Waals surface area contributed by atoms with Crippen LogP contribution in [0.4, 0.5) is 0 Å². The highest BCUT2D eigenvalue weighted by Crippen LogP contribution is 2.31. The highest BCUT2D eigenvalue weighted by atomic mass is 32.1. The summed E-state index contributed by atoms with van der Waals surface area (Å²) >= 11 is 1.28. The zero-order chi connectivity index (χ0) is 26.5. The molecular weight excluding hydrogens is 510 g/mol. The SMILES string of the molecule is COc1ccc(-c2nn(-c3ccccc3)cc2/C=c2\sc3nc(-c4oc5ccccc5c4C)nn3c2=O)cc1. The molecule has 7 rings (SSSR count). The second kappa shape index (κ2) is 9.07. The van der Waals surface area contributed by atoms with Crippen LogP contribution in [0.15, 0.2) is 94.3 Å². The summed E-state index contributed by atoms with van der Waals surface area (Å²) < 4.78 is 15.0. The van der Waals surface area contributed by atoms with E-state index in [1.54, 1.807) is 7.11 Å². The van der Waals surface area contributed by atoms with Gasteiger partial charge in [0.15, 0.2) is 5.76 Å². The van der Waals surface area contributed by atoms with Crippen molar-refractivity contribution >= 4 is 33.3 Å². The van der Waals surface area contributed by atoms with Crippen LogP contribution in [0.3, 0.4) is 0 Å². The molecule has 0 radical (unpaired) electrons. The second-order valence-electron chi connectivity index (χ2n) is 9.04. The average Bonchev–Trinajstić information content (AvgIpc) is 3.73. The van der Waals surface area contributed by atoms with Gasteiger partial charge in [0.05, 0.1) is 17.3 Å². The molecule has 0 saturated carbocycles. The number of aromatic nitrogens is 5. The van der Waals surface area contributed by atoms with E-state index in [1.165, 1.54) is 15.9 Å². The largest absolute Gasteiger partial charge is 0.497 e. The molecule has 0 aliphatic rings. The summed E-state index contributed by atoms with van der Waals surface area (Å²) in [5.41, 5.74) is 4.85. The fraction of sp³-hybridized carbons (Fsp3) is 0.0667. The maximum atomic E-state index is 13.4. The van der Waals surface area contributed by atoms with Gasteiger partial charge in [0.1, 0.15) is 17.0 Å². The molecule has 4 heterocycles. The highest BCUT2D eigenvalue weighted by molar-refractivity contribution is 7.15. The topological polar surface area (TPSA) is 87.4 Å². The molecule has 3 aromatic carbocycles. The molecule has 0 atom stereocenters. The van der Waals surface area contributed by atoms with Crippen LogP contribution < -0.4 is 14.8 Å². The third kappa shape index (κ3) is 3.91. The average molecular weight is 532 g/mol. The van der Waals surface area contributed by atoms with E-state index in [2.05, 4.69) is 10.1 Å². The molecule has 9 heteroatoms. The fourth-order valence-electron chi connectivity index (χ4n) is 4.64. The number of rotatable bonds is 5. The summed E-state index contributed by atoms with van der Waals surface area (Å²) in [6.07, 6.45) is 3.77. The summed E-state index contributed by atoms with van der Waals surface area (Å²) in [6.45, 7) is 1.97. The summed E-state index contributed by atoms with van der Waals surface area (Å²) in [5.74, 6) is 1.73. The van der Waals surface area contributed by atoms with Gasteiger partial charge in [-0.05, 0) is 55.5 Å². The van der Waals surface area contributed by atoms with Crippen LogP contribution in [0.1, 0.15) is 11.1 Å². The van der Waals surface area contributed by atoms with Gasteiger partial charge in [-0.2, -0.15) is 14.6 Å². The van der Waals surface area contributed by atoms with Gasteiger partial charge in [0, 0.05) is 28.3 Å². The number of ether oxygens (including phenoxy) is 1. The molecule has 190 valence electrons. The Morgan fingerprint density at radius 1 is 0.949 bits per heavy atom. The Kier molecular flexibility index (Phi) is 5.38. The van der Waals surface area contributed by atoms with Gasteiger partial charge in [-0.15, -0.1) is 5.10 Å². The Hall–Kier alpha value is -5.02. The van der Waals surface area contributed by atoms with E-state index < -0.39 is 0 Å². The first-order valence-corrected chi connectivity index (χ1v) is 13.1. The van der Waals surface area contributed by atoms with Crippen LogP contribution in [0.2, 0.25) is 0 Å². The lowest BCUT2D eigenvalue weighted by Crippen LogP contribution is -2.23. The van der Waals surface area contributed by atoms with Crippen LogP contribution >= 0.6 is 11.3 Å². The summed E-state index contributed by atoms with van der Waals surface area (Å²) in [6, 6.07) is 25.3. The second-order valence-corrected chi connectivity index (χ2v) is 10.0. The highest BCUT2D eigenvalue weighted by Gasteiger charge is 2.19. The van der Waals surface area contributed by atoms with Gasteiger partial charge in [-0.3, -0.25) is 4.79 Å². The Morgan fingerprint density at radius 3 is 2.46 bits per heavy atom. The predicted molar refractivity (Wildman–Crippen MR) is 151 cm³/mol. The van der Waals surface area contributed by atoms with Crippen molar-refractivity contribution in [3.8, 4) is 34.3 Å².